The molecule has 7 heteroatoms. The minimum atomic E-state index is -1.14. The van der Waals surface area contributed by atoms with Gasteiger partial charge in [0.15, 0.2) is 0 Å². The molecule has 108 valence electrons. The Kier molecular flexibility index (Phi) is 4.54. The molecule has 0 aliphatic rings. The number of hydrogen-bond donors (Lipinski definition) is 2. The standard InChI is InChI=1S/C14H11BrN2O4/c1-21-8-4-5-9(14(19)20)11(7-8)17-13(18)10-3-2-6-16-12(10)15/h2-7H,1H3,(H,17,18)(H,19,20). The zero-order chi connectivity index (χ0) is 15.4. The summed E-state index contributed by atoms with van der Waals surface area (Å²) in [6.45, 7) is 0. The van der Waals surface area contributed by atoms with Crippen LogP contribution in [0.2, 0.25) is 0 Å². The monoisotopic (exact) mass is 350 g/mol. The molecule has 6 nitrogen and oxygen atoms in total. The van der Waals surface area contributed by atoms with Crippen LogP contribution in [0.25, 0.3) is 0 Å². The first-order valence-electron chi connectivity index (χ1n) is 5.86. The minimum absolute atomic E-state index is 0.0239. The maximum atomic E-state index is 12.2. The Morgan fingerprint density at radius 1 is 1.29 bits per heavy atom. The number of benzene rings is 1. The molecular formula is C14H11BrN2O4. The van der Waals surface area contributed by atoms with Gasteiger partial charge in [0.2, 0.25) is 0 Å². The van der Waals surface area contributed by atoms with E-state index in [0.29, 0.717) is 15.9 Å². The number of carbonyl (C=O) groups excluding carboxylic acids is 1. The predicted octanol–water partition coefficient (Wildman–Crippen LogP) is 2.80. The molecule has 2 rings (SSSR count). The molecule has 0 bridgehead atoms. The van der Waals surface area contributed by atoms with Crippen molar-refractivity contribution in [2.45, 2.75) is 0 Å². The zero-order valence-electron chi connectivity index (χ0n) is 11.0. The molecule has 0 saturated carbocycles. The van der Waals surface area contributed by atoms with Crippen molar-refractivity contribution < 1.29 is 19.4 Å². The molecule has 0 aliphatic carbocycles. The van der Waals surface area contributed by atoms with E-state index in [2.05, 4.69) is 26.2 Å². The molecule has 1 amide bonds. The van der Waals surface area contributed by atoms with Gasteiger partial charge >= 0.3 is 5.97 Å². The number of carbonyl (C=O) groups is 2. The normalized spacial score (nSPS) is 10.0. The van der Waals surface area contributed by atoms with E-state index < -0.39 is 11.9 Å². The van der Waals surface area contributed by atoms with Crippen molar-refractivity contribution >= 4 is 33.5 Å². The van der Waals surface area contributed by atoms with Crippen LogP contribution in [0.15, 0.2) is 41.1 Å². The first-order valence-corrected chi connectivity index (χ1v) is 6.65. The Balaban J connectivity index is 2.36. The van der Waals surface area contributed by atoms with Crippen LogP contribution in [0.5, 0.6) is 5.75 Å². The van der Waals surface area contributed by atoms with Crippen LogP contribution in [0.4, 0.5) is 5.69 Å². The van der Waals surface area contributed by atoms with E-state index in [4.69, 9.17) is 9.84 Å². The number of halogens is 1. The van der Waals surface area contributed by atoms with Gasteiger partial charge in [-0.2, -0.15) is 0 Å². The smallest absolute Gasteiger partial charge is 0.337 e. The van der Waals surface area contributed by atoms with Gasteiger partial charge in [-0.25, -0.2) is 9.78 Å². The third kappa shape index (κ3) is 3.38. The number of methoxy groups -OCH3 is 1. The highest BCUT2D eigenvalue weighted by atomic mass is 79.9. The summed E-state index contributed by atoms with van der Waals surface area (Å²) < 4.78 is 5.41. The highest BCUT2D eigenvalue weighted by Gasteiger charge is 2.16. The molecule has 0 spiro atoms. The number of ether oxygens (including phenoxy) is 1. The fraction of sp³-hybridized carbons (Fsp3) is 0.0714. The molecule has 1 heterocycles. The van der Waals surface area contributed by atoms with Crippen LogP contribution in [0, 0.1) is 0 Å². The van der Waals surface area contributed by atoms with Gasteiger partial charge in [-0.3, -0.25) is 4.79 Å². The second-order valence-electron chi connectivity index (χ2n) is 4.01. The van der Waals surface area contributed by atoms with Crippen molar-refractivity contribution in [3.63, 3.8) is 0 Å². The molecular weight excluding hydrogens is 340 g/mol. The summed E-state index contributed by atoms with van der Waals surface area (Å²) in [6.07, 6.45) is 1.54. The largest absolute Gasteiger partial charge is 0.497 e. The third-order valence-electron chi connectivity index (χ3n) is 2.71. The lowest BCUT2D eigenvalue weighted by atomic mass is 10.1. The number of nitrogens with one attached hydrogen (secondary N) is 1. The number of aromatic nitrogens is 1. The van der Waals surface area contributed by atoms with Gasteiger partial charge in [0.05, 0.1) is 23.9 Å². The SMILES string of the molecule is COc1ccc(C(=O)O)c(NC(=O)c2cccnc2Br)c1. The van der Waals surface area contributed by atoms with E-state index in [-0.39, 0.29) is 11.3 Å². The van der Waals surface area contributed by atoms with E-state index in [1.807, 2.05) is 0 Å². The number of hydrogen-bond acceptors (Lipinski definition) is 4. The minimum Gasteiger partial charge on any atom is -0.497 e. The van der Waals surface area contributed by atoms with Crippen LogP contribution in [-0.4, -0.2) is 29.1 Å². The number of pyridine rings is 1. The summed E-state index contributed by atoms with van der Waals surface area (Å²) >= 11 is 3.17. The molecule has 0 aliphatic heterocycles. The van der Waals surface area contributed by atoms with Gasteiger partial charge in [0, 0.05) is 12.3 Å². The van der Waals surface area contributed by atoms with Crippen molar-refractivity contribution in [1.82, 2.24) is 4.98 Å². The number of rotatable bonds is 4. The second kappa shape index (κ2) is 6.36. The van der Waals surface area contributed by atoms with E-state index in [0.717, 1.165) is 0 Å². The van der Waals surface area contributed by atoms with Crippen LogP contribution < -0.4 is 10.1 Å². The van der Waals surface area contributed by atoms with Gasteiger partial charge in [0.25, 0.3) is 5.91 Å². The summed E-state index contributed by atoms with van der Waals surface area (Å²) in [5, 5.41) is 11.7. The number of carboxylic acid groups (broad SMARTS) is 1. The first kappa shape index (κ1) is 15.0. The van der Waals surface area contributed by atoms with Gasteiger partial charge in [-0.05, 0) is 40.2 Å². The average molecular weight is 351 g/mol. The summed E-state index contributed by atoms with van der Waals surface area (Å²) in [7, 11) is 1.46. The Morgan fingerprint density at radius 2 is 2.05 bits per heavy atom. The number of nitrogens with zero attached hydrogens (tertiary/aromatic N) is 1. The lowest BCUT2D eigenvalue weighted by molar-refractivity contribution is 0.0698. The zero-order valence-corrected chi connectivity index (χ0v) is 12.5. The highest BCUT2D eigenvalue weighted by molar-refractivity contribution is 9.10. The third-order valence-corrected chi connectivity index (χ3v) is 3.34. The molecule has 2 aromatic rings. The van der Waals surface area contributed by atoms with E-state index in [1.165, 1.54) is 31.5 Å². The first-order chi connectivity index (χ1) is 10.0. The predicted molar refractivity (Wildman–Crippen MR) is 79.8 cm³/mol. The van der Waals surface area contributed by atoms with Gasteiger partial charge in [0.1, 0.15) is 10.4 Å². The maximum Gasteiger partial charge on any atom is 0.337 e. The lowest BCUT2D eigenvalue weighted by Gasteiger charge is -2.10. The quantitative estimate of drug-likeness (QED) is 0.827. The van der Waals surface area contributed by atoms with E-state index in [9.17, 15) is 9.59 Å². The highest BCUT2D eigenvalue weighted by Crippen LogP contribution is 2.24. The molecule has 1 aromatic heterocycles. The van der Waals surface area contributed by atoms with Gasteiger partial charge in [-0.15, -0.1) is 0 Å². The molecule has 0 fully saturated rings. The molecule has 0 saturated heterocycles. The number of aromatic carboxylic acids is 1. The average Bonchev–Trinajstić information content (AvgIpc) is 2.47. The summed E-state index contributed by atoms with van der Waals surface area (Å²) in [5.74, 6) is -1.16. The van der Waals surface area contributed by atoms with Crippen molar-refractivity contribution in [3.8, 4) is 5.75 Å². The van der Waals surface area contributed by atoms with Crippen molar-refractivity contribution in [2.24, 2.45) is 0 Å². The molecule has 0 radical (unpaired) electrons. The van der Waals surface area contributed by atoms with Crippen LogP contribution in [0.1, 0.15) is 20.7 Å². The van der Waals surface area contributed by atoms with Gasteiger partial charge in [-0.1, -0.05) is 0 Å². The number of carboxylic acids is 1. The fourth-order valence-electron chi connectivity index (χ4n) is 1.69. The Labute approximate surface area is 128 Å². The van der Waals surface area contributed by atoms with Crippen molar-refractivity contribution in [1.29, 1.82) is 0 Å². The van der Waals surface area contributed by atoms with Crippen LogP contribution in [0.3, 0.4) is 0 Å². The second-order valence-corrected chi connectivity index (χ2v) is 4.76. The van der Waals surface area contributed by atoms with Gasteiger partial charge < -0.3 is 15.2 Å². The molecule has 2 N–H and O–H groups in total. The number of anilines is 1. The van der Waals surface area contributed by atoms with E-state index >= 15 is 0 Å². The maximum absolute atomic E-state index is 12.2. The Hall–Kier alpha value is -2.41. The van der Waals surface area contributed by atoms with Crippen LogP contribution >= 0.6 is 15.9 Å². The Morgan fingerprint density at radius 3 is 2.67 bits per heavy atom. The molecule has 0 atom stereocenters. The molecule has 21 heavy (non-hydrogen) atoms. The fourth-order valence-corrected chi connectivity index (χ4v) is 2.12. The lowest BCUT2D eigenvalue weighted by Crippen LogP contribution is -2.15. The molecule has 1 aromatic carbocycles. The van der Waals surface area contributed by atoms with Crippen molar-refractivity contribution in [3.05, 3.63) is 52.3 Å². The summed E-state index contributed by atoms with van der Waals surface area (Å²) in [5.41, 5.74) is 0.434. The summed E-state index contributed by atoms with van der Waals surface area (Å²) in [6, 6.07) is 7.52. The topological polar surface area (TPSA) is 88.5 Å². The number of amides is 1. The molecule has 0 unspecified atom stereocenters. The summed E-state index contributed by atoms with van der Waals surface area (Å²) in [4.78, 5) is 27.3. The van der Waals surface area contributed by atoms with Crippen LogP contribution in [-0.2, 0) is 0 Å². The Bertz CT molecular complexity index is 703. The van der Waals surface area contributed by atoms with E-state index in [1.54, 1.807) is 12.1 Å². The van der Waals surface area contributed by atoms with Crippen molar-refractivity contribution in [2.75, 3.05) is 12.4 Å².